The molecule has 1 heterocycles. The zero-order valence-corrected chi connectivity index (χ0v) is 14.8. The maximum atomic E-state index is 13.7. The second-order valence-electron chi connectivity index (χ2n) is 6.49. The molecule has 5 nitrogen and oxygen atoms in total. The summed E-state index contributed by atoms with van der Waals surface area (Å²) in [5, 5.41) is 3.44. The summed E-state index contributed by atoms with van der Waals surface area (Å²) < 4.78 is 39.9. The van der Waals surface area contributed by atoms with Crippen molar-refractivity contribution in [3.63, 3.8) is 0 Å². The van der Waals surface area contributed by atoms with Crippen molar-refractivity contribution in [2.45, 2.75) is 6.42 Å². The Morgan fingerprint density at radius 3 is 2.10 bits per heavy atom. The molecule has 0 aromatic heterocycles. The number of imide groups is 1. The van der Waals surface area contributed by atoms with Crippen molar-refractivity contribution in [2.24, 2.45) is 0 Å². The van der Waals surface area contributed by atoms with Crippen molar-refractivity contribution in [2.75, 3.05) is 11.9 Å². The van der Waals surface area contributed by atoms with Crippen LogP contribution in [-0.4, -0.2) is 29.2 Å². The van der Waals surface area contributed by atoms with Crippen molar-refractivity contribution in [1.29, 1.82) is 0 Å². The fourth-order valence-corrected chi connectivity index (χ4v) is 3.33. The third-order valence-electron chi connectivity index (χ3n) is 4.73. The molecule has 0 radical (unpaired) electrons. The molecule has 1 aliphatic rings. The molecule has 0 saturated carbocycles. The van der Waals surface area contributed by atoms with Gasteiger partial charge in [0.15, 0.2) is 17.5 Å². The Balaban J connectivity index is 1.52. The zero-order chi connectivity index (χ0) is 20.7. The normalized spacial score (nSPS) is 13.1. The van der Waals surface area contributed by atoms with Crippen LogP contribution in [0.3, 0.4) is 0 Å². The zero-order valence-electron chi connectivity index (χ0n) is 14.8. The van der Waals surface area contributed by atoms with E-state index in [0.29, 0.717) is 22.6 Å². The van der Waals surface area contributed by atoms with E-state index in [0.717, 1.165) is 16.4 Å². The van der Waals surface area contributed by atoms with E-state index >= 15 is 0 Å². The lowest BCUT2D eigenvalue weighted by Gasteiger charge is -2.27. The van der Waals surface area contributed by atoms with Gasteiger partial charge >= 0.3 is 0 Å². The molecule has 0 fully saturated rings. The number of hydrogen-bond acceptors (Lipinski definition) is 3. The topological polar surface area (TPSA) is 66.5 Å². The first-order chi connectivity index (χ1) is 13.9. The molecule has 29 heavy (non-hydrogen) atoms. The highest BCUT2D eigenvalue weighted by Crippen LogP contribution is 2.30. The van der Waals surface area contributed by atoms with E-state index in [1.165, 1.54) is 0 Å². The third-order valence-corrected chi connectivity index (χ3v) is 4.73. The number of nitrogens with one attached hydrogen (secondary N) is 1. The highest BCUT2D eigenvalue weighted by molar-refractivity contribution is 6.25. The van der Waals surface area contributed by atoms with Crippen LogP contribution in [0, 0.1) is 17.5 Å². The molecule has 0 aliphatic carbocycles. The molecule has 3 aromatic rings. The van der Waals surface area contributed by atoms with Gasteiger partial charge in [-0.3, -0.25) is 19.3 Å². The van der Waals surface area contributed by atoms with E-state index in [2.05, 4.69) is 5.32 Å². The molecule has 146 valence electrons. The largest absolute Gasteiger partial charge is 0.323 e. The first-order valence-electron chi connectivity index (χ1n) is 8.70. The number of benzene rings is 3. The Labute approximate surface area is 162 Å². The van der Waals surface area contributed by atoms with Crippen LogP contribution in [-0.2, 0) is 4.79 Å². The van der Waals surface area contributed by atoms with Gasteiger partial charge in [0.2, 0.25) is 5.91 Å². The summed E-state index contributed by atoms with van der Waals surface area (Å²) in [5.41, 5.74) is 0.176. The van der Waals surface area contributed by atoms with Gasteiger partial charge in [-0.1, -0.05) is 24.3 Å². The minimum Gasteiger partial charge on any atom is -0.323 e. The van der Waals surface area contributed by atoms with E-state index in [1.54, 1.807) is 36.4 Å². The van der Waals surface area contributed by atoms with Crippen LogP contribution in [0.2, 0.25) is 0 Å². The van der Waals surface area contributed by atoms with Crippen molar-refractivity contribution in [1.82, 2.24) is 4.90 Å². The first-order valence-corrected chi connectivity index (χ1v) is 8.70. The molecule has 3 aromatic carbocycles. The van der Waals surface area contributed by atoms with Gasteiger partial charge in [-0.25, -0.2) is 13.2 Å². The molecule has 1 N–H and O–H groups in total. The molecular weight excluding hydrogens is 385 g/mol. The second-order valence-corrected chi connectivity index (χ2v) is 6.49. The van der Waals surface area contributed by atoms with Crippen molar-refractivity contribution in [3.05, 3.63) is 77.1 Å². The van der Waals surface area contributed by atoms with Gasteiger partial charge in [0, 0.05) is 29.5 Å². The van der Waals surface area contributed by atoms with Crippen LogP contribution in [0.5, 0.6) is 0 Å². The summed E-state index contributed by atoms with van der Waals surface area (Å²) in [6.07, 6.45) is -0.339. The van der Waals surface area contributed by atoms with Gasteiger partial charge in [0.1, 0.15) is 0 Å². The number of amides is 3. The van der Waals surface area contributed by atoms with E-state index in [4.69, 9.17) is 0 Å². The van der Waals surface area contributed by atoms with E-state index in [9.17, 15) is 27.6 Å². The van der Waals surface area contributed by atoms with Crippen LogP contribution in [0.25, 0.3) is 10.8 Å². The quantitative estimate of drug-likeness (QED) is 0.536. The Kier molecular flexibility index (Phi) is 4.54. The van der Waals surface area contributed by atoms with Crippen molar-refractivity contribution >= 4 is 34.2 Å². The number of carbonyl (C=O) groups excluding carboxylic acids is 3. The molecule has 8 heteroatoms. The summed E-state index contributed by atoms with van der Waals surface area (Å²) in [6.45, 7) is -0.250. The number of halogens is 3. The van der Waals surface area contributed by atoms with Gasteiger partial charge in [0.25, 0.3) is 11.8 Å². The van der Waals surface area contributed by atoms with Gasteiger partial charge in [-0.05, 0) is 29.7 Å². The molecule has 1 aliphatic heterocycles. The standard InChI is InChI=1S/C21H13F3N2O3/c22-14-7-8-15(19(24)18(14)23)25-16(27)9-10-26-20(28)12-5-1-3-11-4-2-6-13(17(11)12)21(26)29/h1-8H,9-10H2,(H,25,27). The SMILES string of the molecule is O=C(CCN1C(=O)c2cccc3cccc(c23)C1=O)Nc1ccc(F)c(F)c1F. The van der Waals surface area contributed by atoms with E-state index < -0.39 is 40.9 Å². The molecule has 0 unspecified atom stereocenters. The van der Waals surface area contributed by atoms with Crippen LogP contribution in [0.15, 0.2) is 48.5 Å². The Morgan fingerprint density at radius 1 is 0.862 bits per heavy atom. The highest BCUT2D eigenvalue weighted by atomic mass is 19.2. The van der Waals surface area contributed by atoms with Crippen LogP contribution >= 0.6 is 0 Å². The molecular formula is C21H13F3N2O3. The highest BCUT2D eigenvalue weighted by Gasteiger charge is 2.32. The van der Waals surface area contributed by atoms with Crippen LogP contribution in [0.1, 0.15) is 27.1 Å². The monoisotopic (exact) mass is 398 g/mol. The van der Waals surface area contributed by atoms with Gasteiger partial charge in [-0.15, -0.1) is 0 Å². The number of anilines is 1. The summed E-state index contributed by atoms with van der Waals surface area (Å²) in [5.74, 6) is -6.43. The fraction of sp³-hybridized carbons (Fsp3) is 0.0952. The second kappa shape index (κ2) is 7.05. The molecule has 3 amide bonds. The van der Waals surface area contributed by atoms with E-state index in [-0.39, 0.29) is 13.0 Å². The average molecular weight is 398 g/mol. The fourth-order valence-electron chi connectivity index (χ4n) is 3.33. The molecule has 4 rings (SSSR count). The number of hydrogen-bond donors (Lipinski definition) is 1. The van der Waals surface area contributed by atoms with Crippen molar-refractivity contribution < 1.29 is 27.6 Å². The Hall–Kier alpha value is -3.68. The average Bonchev–Trinajstić information content (AvgIpc) is 2.72. The third kappa shape index (κ3) is 3.12. The minimum absolute atomic E-state index is 0.250. The van der Waals surface area contributed by atoms with Gasteiger partial charge in [0.05, 0.1) is 5.69 Å². The smallest absolute Gasteiger partial charge is 0.261 e. The predicted molar refractivity (Wildman–Crippen MR) is 98.9 cm³/mol. The lowest BCUT2D eigenvalue weighted by atomic mass is 9.94. The van der Waals surface area contributed by atoms with Crippen molar-refractivity contribution in [3.8, 4) is 0 Å². The Morgan fingerprint density at radius 2 is 1.48 bits per heavy atom. The maximum Gasteiger partial charge on any atom is 0.261 e. The maximum absolute atomic E-state index is 13.7. The summed E-state index contributed by atoms with van der Waals surface area (Å²) >= 11 is 0. The van der Waals surface area contributed by atoms with Crippen LogP contribution in [0.4, 0.5) is 18.9 Å². The minimum atomic E-state index is -1.70. The lowest BCUT2D eigenvalue weighted by Crippen LogP contribution is -2.41. The Bertz CT molecular complexity index is 1140. The number of carbonyl (C=O) groups is 3. The van der Waals surface area contributed by atoms with Gasteiger partial charge < -0.3 is 5.32 Å². The molecule has 0 bridgehead atoms. The van der Waals surface area contributed by atoms with Crippen LogP contribution < -0.4 is 5.32 Å². The first kappa shape index (κ1) is 18.7. The number of nitrogens with zero attached hydrogens (tertiary/aromatic N) is 1. The molecule has 0 atom stereocenters. The summed E-state index contributed by atoms with van der Waals surface area (Å²) in [6, 6.07) is 11.8. The molecule has 0 saturated heterocycles. The number of rotatable bonds is 4. The predicted octanol–water partition coefficient (Wildman–Crippen LogP) is 3.88. The summed E-state index contributed by atoms with van der Waals surface area (Å²) in [4.78, 5) is 38.5. The summed E-state index contributed by atoms with van der Waals surface area (Å²) in [7, 11) is 0. The van der Waals surface area contributed by atoms with Gasteiger partial charge in [-0.2, -0.15) is 0 Å². The lowest BCUT2D eigenvalue weighted by molar-refractivity contribution is -0.116. The van der Waals surface area contributed by atoms with E-state index in [1.807, 2.05) is 0 Å². The molecule has 0 spiro atoms.